The Bertz CT molecular complexity index is 916. The number of ether oxygens (including phenoxy) is 1. The van der Waals surface area contributed by atoms with Gasteiger partial charge in [0.05, 0.1) is 12.7 Å². The molecule has 0 saturated carbocycles. The Hall–Kier alpha value is -1.85. The van der Waals surface area contributed by atoms with Crippen LogP contribution in [-0.2, 0) is 15.3 Å². The van der Waals surface area contributed by atoms with Crippen LogP contribution in [0, 0.1) is 0 Å². The van der Waals surface area contributed by atoms with E-state index >= 15 is 0 Å². The quantitative estimate of drug-likeness (QED) is 0.171. The number of hydrogen-bond acceptors (Lipinski definition) is 8. The van der Waals surface area contributed by atoms with E-state index in [-0.39, 0.29) is 12.5 Å². The van der Waals surface area contributed by atoms with Crippen LogP contribution in [0.25, 0.3) is 0 Å². The van der Waals surface area contributed by atoms with E-state index in [1.807, 2.05) is 4.98 Å². The smallest absolute Gasteiger partial charge is 0.331 e. The summed E-state index contributed by atoms with van der Waals surface area (Å²) in [6, 6.07) is 1.03. The lowest BCUT2D eigenvalue weighted by Gasteiger charge is -2.32. The van der Waals surface area contributed by atoms with Crippen LogP contribution in [0.15, 0.2) is 21.9 Å². The normalized spacial score (nSPS) is 24.4. The summed E-state index contributed by atoms with van der Waals surface area (Å²) in [5.74, 6) is -0.600. The Labute approximate surface area is 218 Å². The number of aromatic nitrogens is 2. The van der Waals surface area contributed by atoms with Crippen LogP contribution in [-0.4, -0.2) is 66.8 Å². The fraction of sp³-hybridized carbons (Fsp3) is 0.815. The molecule has 1 unspecified atom stereocenters. The molecule has 0 bridgehead atoms. The molecule has 1 saturated heterocycles. The molecule has 1 aromatic heterocycles. The van der Waals surface area contributed by atoms with Crippen molar-refractivity contribution < 1.29 is 30.0 Å². The van der Waals surface area contributed by atoms with Crippen LogP contribution < -0.4 is 11.2 Å². The number of aromatic amines is 1. The molecule has 212 valence electrons. The number of unbranched alkanes of at least 4 members (excludes halogenated alkanes) is 10. The predicted molar refractivity (Wildman–Crippen MR) is 139 cm³/mol. The molecule has 0 aromatic carbocycles. The van der Waals surface area contributed by atoms with Gasteiger partial charge in [-0.15, -0.1) is 0 Å². The second-order valence-electron chi connectivity index (χ2n) is 10.2. The second kappa shape index (κ2) is 16.2. The van der Waals surface area contributed by atoms with Gasteiger partial charge in [0.2, 0.25) is 5.72 Å². The van der Waals surface area contributed by atoms with Crippen LogP contribution in [0.2, 0.25) is 0 Å². The van der Waals surface area contributed by atoms with Crippen molar-refractivity contribution in [2.24, 2.45) is 0 Å². The molecule has 10 heteroatoms. The van der Waals surface area contributed by atoms with E-state index in [0.717, 1.165) is 81.0 Å². The van der Waals surface area contributed by atoms with Gasteiger partial charge in [-0.25, -0.2) is 4.79 Å². The molecule has 0 radical (unpaired) electrons. The first-order valence-electron chi connectivity index (χ1n) is 14.0. The number of aliphatic hydroxyl groups is 4. The van der Waals surface area contributed by atoms with Gasteiger partial charge in [0.1, 0.15) is 18.3 Å². The van der Waals surface area contributed by atoms with Gasteiger partial charge in [-0.05, 0) is 19.3 Å². The summed E-state index contributed by atoms with van der Waals surface area (Å²) in [5, 5.41) is 40.5. The highest BCUT2D eigenvalue weighted by Crippen LogP contribution is 2.37. The van der Waals surface area contributed by atoms with Crippen LogP contribution in [0.5, 0.6) is 0 Å². The Morgan fingerprint density at radius 1 is 1.00 bits per heavy atom. The molecule has 0 amide bonds. The highest BCUT2D eigenvalue weighted by Gasteiger charge is 2.60. The number of carbonyl (C=O) groups is 1. The van der Waals surface area contributed by atoms with Crippen LogP contribution in [0.3, 0.4) is 0 Å². The van der Waals surface area contributed by atoms with Crippen molar-refractivity contribution in [1.82, 2.24) is 9.55 Å². The first-order valence-corrected chi connectivity index (χ1v) is 14.0. The Morgan fingerprint density at radius 2 is 1.57 bits per heavy atom. The van der Waals surface area contributed by atoms with Gasteiger partial charge in [0.25, 0.3) is 5.56 Å². The third-order valence-electron chi connectivity index (χ3n) is 7.28. The summed E-state index contributed by atoms with van der Waals surface area (Å²) in [4.78, 5) is 39.2. The van der Waals surface area contributed by atoms with Crippen molar-refractivity contribution in [3.8, 4) is 0 Å². The van der Waals surface area contributed by atoms with E-state index in [2.05, 4.69) is 6.92 Å². The van der Waals surface area contributed by atoms with Crippen LogP contribution >= 0.6 is 0 Å². The first kappa shape index (κ1) is 31.4. The lowest BCUT2D eigenvalue weighted by molar-refractivity contribution is -0.176. The maximum Gasteiger partial charge on any atom is 0.331 e. The maximum absolute atomic E-state index is 13.2. The molecule has 37 heavy (non-hydrogen) atoms. The number of carbonyl (C=O) groups excluding carboxylic acids is 1. The van der Waals surface area contributed by atoms with Crippen LogP contribution in [0.1, 0.15) is 103 Å². The zero-order chi connectivity index (χ0) is 27.3. The minimum absolute atomic E-state index is 0.00361. The molecular formula is C27H46N2O8. The SMILES string of the molecule is CCCCCCC(O)CCCCCCCCCCC(=O)[C@@]1(n2ccc(=O)[nH]c2=O)O[C@H](CO)[C@@H](O)[C@H]1O. The van der Waals surface area contributed by atoms with Crippen molar-refractivity contribution in [1.29, 1.82) is 0 Å². The average Bonchev–Trinajstić information content (AvgIpc) is 3.13. The number of rotatable bonds is 19. The highest BCUT2D eigenvalue weighted by atomic mass is 16.6. The number of nitrogens with zero attached hydrogens (tertiary/aromatic N) is 1. The summed E-state index contributed by atoms with van der Waals surface area (Å²) in [6.07, 6.45) is 10.4. The van der Waals surface area contributed by atoms with E-state index in [9.17, 15) is 34.8 Å². The van der Waals surface area contributed by atoms with Crippen LogP contribution in [0.4, 0.5) is 0 Å². The van der Waals surface area contributed by atoms with Crippen molar-refractivity contribution in [3.63, 3.8) is 0 Å². The van der Waals surface area contributed by atoms with E-state index < -0.39 is 47.7 Å². The zero-order valence-electron chi connectivity index (χ0n) is 22.1. The van der Waals surface area contributed by atoms with Gasteiger partial charge in [-0.3, -0.25) is 19.1 Å². The molecule has 1 aromatic rings. The van der Waals surface area contributed by atoms with Gasteiger partial charge in [0, 0.05) is 18.7 Å². The minimum atomic E-state index is -2.21. The van der Waals surface area contributed by atoms with Gasteiger partial charge < -0.3 is 25.2 Å². The van der Waals surface area contributed by atoms with Gasteiger partial charge in [0.15, 0.2) is 5.78 Å². The topological polar surface area (TPSA) is 162 Å². The number of Topliss-reactive ketones (excluding diaryl/α,β-unsaturated/α-hetero) is 1. The van der Waals surface area contributed by atoms with E-state index in [1.165, 1.54) is 19.3 Å². The molecule has 1 aliphatic rings. The van der Waals surface area contributed by atoms with Gasteiger partial charge in [-0.1, -0.05) is 77.6 Å². The Kier molecular flexibility index (Phi) is 13.7. The molecule has 10 nitrogen and oxygen atoms in total. The highest BCUT2D eigenvalue weighted by molar-refractivity contribution is 5.86. The second-order valence-corrected chi connectivity index (χ2v) is 10.2. The number of nitrogens with one attached hydrogen (secondary N) is 1. The standard InChI is InChI=1S/C27H46N2O8/c1-2-3-4-11-14-20(31)15-12-9-7-5-6-8-10-13-16-22(32)27(25(35)24(34)21(19-30)37-27)29-18-17-23(33)28-26(29)36/h17-18,20-21,24-25,30-31,34-35H,2-16,19H2,1H3,(H,28,33,36)/t20?,21-,24-,25-,27-/m1/s1. The molecule has 0 aliphatic carbocycles. The molecule has 5 N–H and O–H groups in total. The predicted octanol–water partition coefficient (Wildman–Crippen LogP) is 2.10. The zero-order valence-corrected chi connectivity index (χ0v) is 22.1. The van der Waals surface area contributed by atoms with Crippen molar-refractivity contribution in [3.05, 3.63) is 33.1 Å². The van der Waals surface area contributed by atoms with E-state index in [4.69, 9.17) is 4.74 Å². The molecule has 5 atom stereocenters. The number of hydrogen-bond donors (Lipinski definition) is 5. The third-order valence-corrected chi connectivity index (χ3v) is 7.28. The summed E-state index contributed by atoms with van der Waals surface area (Å²) in [5.41, 5.74) is -3.84. The summed E-state index contributed by atoms with van der Waals surface area (Å²) in [6.45, 7) is 1.53. The van der Waals surface area contributed by atoms with Crippen molar-refractivity contribution in [2.75, 3.05) is 6.61 Å². The maximum atomic E-state index is 13.2. The monoisotopic (exact) mass is 526 g/mol. The third kappa shape index (κ3) is 8.85. The van der Waals surface area contributed by atoms with E-state index in [0.29, 0.717) is 6.42 Å². The Balaban J connectivity index is 1.73. The number of aliphatic hydroxyl groups excluding tert-OH is 4. The largest absolute Gasteiger partial charge is 0.394 e. The van der Waals surface area contributed by atoms with Crippen molar-refractivity contribution >= 4 is 5.78 Å². The average molecular weight is 527 g/mol. The molecule has 2 rings (SSSR count). The molecular weight excluding hydrogens is 480 g/mol. The van der Waals surface area contributed by atoms with Gasteiger partial charge in [-0.2, -0.15) is 0 Å². The lowest BCUT2D eigenvalue weighted by Crippen LogP contribution is -2.56. The number of ketones is 1. The van der Waals surface area contributed by atoms with Gasteiger partial charge >= 0.3 is 5.69 Å². The summed E-state index contributed by atoms with van der Waals surface area (Å²) < 4.78 is 6.39. The van der Waals surface area contributed by atoms with E-state index in [1.54, 1.807) is 0 Å². The summed E-state index contributed by atoms with van der Waals surface area (Å²) in [7, 11) is 0. The summed E-state index contributed by atoms with van der Waals surface area (Å²) >= 11 is 0. The molecule has 1 aliphatic heterocycles. The molecule has 2 heterocycles. The minimum Gasteiger partial charge on any atom is -0.394 e. The fourth-order valence-electron chi connectivity index (χ4n) is 5.05. The lowest BCUT2D eigenvalue weighted by atomic mass is 9.94. The Morgan fingerprint density at radius 3 is 2.11 bits per heavy atom. The number of H-pyrrole nitrogens is 1. The first-order chi connectivity index (χ1) is 17.8. The van der Waals surface area contributed by atoms with Crippen molar-refractivity contribution in [2.45, 2.75) is 133 Å². The molecule has 0 spiro atoms. The molecule has 1 fully saturated rings. The fourth-order valence-corrected chi connectivity index (χ4v) is 5.05.